The molecular formula is C11H10N4O2. The molecule has 0 radical (unpaired) electrons. The van der Waals surface area contributed by atoms with Gasteiger partial charge in [0.15, 0.2) is 0 Å². The zero-order valence-corrected chi connectivity index (χ0v) is 8.83. The number of rotatable bonds is 4. The summed E-state index contributed by atoms with van der Waals surface area (Å²) in [5, 5.41) is 10.4. The predicted molar refractivity (Wildman–Crippen MR) is 64.6 cm³/mol. The number of hydrogen-bond acceptors (Lipinski definition) is 5. The molecule has 0 unspecified atom stereocenters. The van der Waals surface area contributed by atoms with Crippen LogP contribution in [0.25, 0.3) is 0 Å². The fourth-order valence-corrected chi connectivity index (χ4v) is 1.23. The number of hydrazine groups is 1. The molecule has 0 bridgehead atoms. The van der Waals surface area contributed by atoms with E-state index in [0.717, 1.165) is 5.69 Å². The van der Waals surface area contributed by atoms with Crippen molar-refractivity contribution in [1.29, 1.82) is 0 Å². The van der Waals surface area contributed by atoms with Crippen LogP contribution in [0.3, 0.4) is 0 Å². The Hall–Kier alpha value is -2.63. The van der Waals surface area contributed by atoms with Gasteiger partial charge in [-0.2, -0.15) is 0 Å². The van der Waals surface area contributed by atoms with Crippen LogP contribution in [-0.4, -0.2) is 9.91 Å². The topological polar surface area (TPSA) is 80.1 Å². The van der Waals surface area contributed by atoms with E-state index in [9.17, 15) is 10.1 Å². The monoisotopic (exact) mass is 230 g/mol. The van der Waals surface area contributed by atoms with Crippen molar-refractivity contribution < 1.29 is 4.92 Å². The Morgan fingerprint density at radius 2 is 1.82 bits per heavy atom. The van der Waals surface area contributed by atoms with E-state index in [1.54, 1.807) is 0 Å². The lowest BCUT2D eigenvalue weighted by molar-refractivity contribution is -0.385. The van der Waals surface area contributed by atoms with Gasteiger partial charge >= 0.3 is 0 Å². The minimum atomic E-state index is -0.485. The third-order valence-electron chi connectivity index (χ3n) is 2.07. The number of anilines is 2. The van der Waals surface area contributed by atoms with E-state index >= 15 is 0 Å². The molecule has 0 atom stereocenters. The second kappa shape index (κ2) is 4.93. The fourth-order valence-electron chi connectivity index (χ4n) is 1.23. The first kappa shape index (κ1) is 10.9. The molecule has 2 rings (SSSR count). The molecule has 0 aliphatic rings. The van der Waals surface area contributed by atoms with Crippen molar-refractivity contribution in [1.82, 2.24) is 4.98 Å². The van der Waals surface area contributed by atoms with Gasteiger partial charge in [-0.25, -0.2) is 4.98 Å². The molecule has 1 aromatic carbocycles. The lowest BCUT2D eigenvalue weighted by atomic mass is 10.3. The molecule has 1 aromatic heterocycles. The highest BCUT2D eigenvalue weighted by Crippen LogP contribution is 2.12. The summed E-state index contributed by atoms with van der Waals surface area (Å²) in [5.74, 6) is 0.513. The number of hydrogen-bond donors (Lipinski definition) is 2. The van der Waals surface area contributed by atoms with E-state index < -0.39 is 4.92 Å². The molecule has 86 valence electrons. The van der Waals surface area contributed by atoms with Gasteiger partial charge in [0.05, 0.1) is 10.6 Å². The highest BCUT2D eigenvalue weighted by atomic mass is 16.6. The van der Waals surface area contributed by atoms with Gasteiger partial charge in [-0.1, -0.05) is 18.2 Å². The van der Waals surface area contributed by atoms with Gasteiger partial charge < -0.3 is 0 Å². The molecule has 0 spiro atoms. The van der Waals surface area contributed by atoms with Crippen LogP contribution in [0.5, 0.6) is 0 Å². The van der Waals surface area contributed by atoms with E-state index in [2.05, 4.69) is 15.8 Å². The zero-order valence-electron chi connectivity index (χ0n) is 8.83. The molecule has 17 heavy (non-hydrogen) atoms. The average Bonchev–Trinajstić information content (AvgIpc) is 2.38. The Morgan fingerprint density at radius 3 is 2.41 bits per heavy atom. The number of nitrogens with one attached hydrogen (secondary N) is 2. The maximum absolute atomic E-state index is 10.4. The highest BCUT2D eigenvalue weighted by Gasteiger charge is 2.04. The number of benzene rings is 1. The Labute approximate surface area is 97.4 Å². The average molecular weight is 230 g/mol. The molecule has 0 aliphatic heterocycles. The van der Waals surface area contributed by atoms with Crippen LogP contribution >= 0.6 is 0 Å². The van der Waals surface area contributed by atoms with Crippen molar-refractivity contribution in [2.75, 3.05) is 10.9 Å². The molecule has 0 saturated heterocycles. The summed E-state index contributed by atoms with van der Waals surface area (Å²) in [4.78, 5) is 13.8. The first-order valence-electron chi connectivity index (χ1n) is 4.93. The van der Waals surface area contributed by atoms with Gasteiger partial charge in [-0.05, 0) is 18.2 Å². The van der Waals surface area contributed by atoms with Crippen LogP contribution in [0.4, 0.5) is 17.2 Å². The maximum Gasteiger partial charge on any atom is 0.287 e. The minimum Gasteiger partial charge on any atom is -0.300 e. The van der Waals surface area contributed by atoms with Gasteiger partial charge in [0, 0.05) is 6.07 Å². The summed E-state index contributed by atoms with van der Waals surface area (Å²) in [6, 6.07) is 12.4. The molecule has 1 heterocycles. The van der Waals surface area contributed by atoms with E-state index in [1.165, 1.54) is 18.3 Å². The summed E-state index contributed by atoms with van der Waals surface area (Å²) in [6.07, 6.45) is 1.20. The Bertz CT molecular complexity index is 499. The van der Waals surface area contributed by atoms with Crippen LogP contribution in [0.2, 0.25) is 0 Å². The third kappa shape index (κ3) is 2.91. The van der Waals surface area contributed by atoms with Crippen LogP contribution in [0, 0.1) is 10.1 Å². The predicted octanol–water partition coefficient (Wildman–Crippen LogP) is 2.43. The van der Waals surface area contributed by atoms with Crippen LogP contribution in [-0.2, 0) is 0 Å². The molecule has 0 amide bonds. The number of nitrogens with zero attached hydrogens (tertiary/aromatic N) is 2. The van der Waals surface area contributed by atoms with E-state index in [-0.39, 0.29) is 5.69 Å². The van der Waals surface area contributed by atoms with Gasteiger partial charge in [0.1, 0.15) is 12.0 Å². The quantitative estimate of drug-likeness (QED) is 0.622. The molecular weight excluding hydrogens is 220 g/mol. The Morgan fingerprint density at radius 1 is 1.06 bits per heavy atom. The second-order valence-electron chi connectivity index (χ2n) is 3.27. The van der Waals surface area contributed by atoms with Gasteiger partial charge in [0.25, 0.3) is 5.69 Å². The van der Waals surface area contributed by atoms with Crippen LogP contribution < -0.4 is 10.9 Å². The molecule has 0 aliphatic carbocycles. The van der Waals surface area contributed by atoms with Crippen molar-refractivity contribution in [3.05, 3.63) is 58.8 Å². The second-order valence-corrected chi connectivity index (χ2v) is 3.27. The highest BCUT2D eigenvalue weighted by molar-refractivity contribution is 5.49. The lowest BCUT2D eigenvalue weighted by Gasteiger charge is -2.07. The third-order valence-corrected chi connectivity index (χ3v) is 2.07. The largest absolute Gasteiger partial charge is 0.300 e. The van der Waals surface area contributed by atoms with Gasteiger partial charge in [-0.15, -0.1) is 0 Å². The smallest absolute Gasteiger partial charge is 0.287 e. The normalized spacial score (nSPS) is 9.65. The van der Waals surface area contributed by atoms with Crippen molar-refractivity contribution in [3.8, 4) is 0 Å². The van der Waals surface area contributed by atoms with Crippen molar-refractivity contribution >= 4 is 17.2 Å². The summed E-state index contributed by atoms with van der Waals surface area (Å²) in [7, 11) is 0. The summed E-state index contributed by atoms with van der Waals surface area (Å²) in [5.41, 5.74) is 6.62. The number of nitro groups is 1. The maximum atomic E-state index is 10.4. The molecule has 6 heteroatoms. The molecule has 2 aromatic rings. The van der Waals surface area contributed by atoms with Crippen molar-refractivity contribution in [3.63, 3.8) is 0 Å². The number of pyridine rings is 1. The first-order chi connectivity index (χ1) is 8.25. The van der Waals surface area contributed by atoms with E-state index in [4.69, 9.17) is 0 Å². The number of para-hydroxylation sites is 1. The first-order valence-corrected chi connectivity index (χ1v) is 4.93. The summed E-state index contributed by atoms with van der Waals surface area (Å²) < 4.78 is 0. The molecule has 2 N–H and O–H groups in total. The number of aromatic nitrogens is 1. The molecule has 0 saturated carbocycles. The van der Waals surface area contributed by atoms with Gasteiger partial charge in [0.2, 0.25) is 0 Å². The lowest BCUT2D eigenvalue weighted by Crippen LogP contribution is -2.09. The fraction of sp³-hybridized carbons (Fsp3) is 0. The Balaban J connectivity index is 1.98. The summed E-state index contributed by atoms with van der Waals surface area (Å²) in [6.45, 7) is 0. The van der Waals surface area contributed by atoms with E-state index in [1.807, 2.05) is 30.3 Å². The van der Waals surface area contributed by atoms with E-state index in [0.29, 0.717) is 5.82 Å². The Kier molecular flexibility index (Phi) is 3.15. The minimum absolute atomic E-state index is 0.0322. The SMILES string of the molecule is O=[N+]([O-])c1ccc(NNc2ccccc2)nc1. The zero-order chi connectivity index (χ0) is 12.1. The van der Waals surface area contributed by atoms with Crippen LogP contribution in [0.1, 0.15) is 0 Å². The van der Waals surface area contributed by atoms with Crippen molar-refractivity contribution in [2.45, 2.75) is 0 Å². The van der Waals surface area contributed by atoms with Crippen molar-refractivity contribution in [2.24, 2.45) is 0 Å². The summed E-state index contributed by atoms with van der Waals surface area (Å²) >= 11 is 0. The van der Waals surface area contributed by atoms with Crippen LogP contribution in [0.15, 0.2) is 48.7 Å². The standard InChI is InChI=1S/C11H10N4O2/c16-15(17)10-6-7-11(12-8-10)14-13-9-4-2-1-3-5-9/h1-8,13H,(H,12,14). The molecule has 0 fully saturated rings. The molecule has 6 nitrogen and oxygen atoms in total. The van der Waals surface area contributed by atoms with Gasteiger partial charge in [-0.3, -0.25) is 21.0 Å².